The van der Waals surface area contributed by atoms with Gasteiger partial charge in [0.1, 0.15) is 11.3 Å². The molecule has 1 aliphatic heterocycles. The molecule has 0 radical (unpaired) electrons. The van der Waals surface area contributed by atoms with E-state index in [0.29, 0.717) is 57.3 Å². The molecule has 1 unspecified atom stereocenters. The van der Waals surface area contributed by atoms with E-state index in [4.69, 9.17) is 21.1 Å². The van der Waals surface area contributed by atoms with Crippen LogP contribution < -0.4 is 14.4 Å². The van der Waals surface area contributed by atoms with Crippen LogP contribution in [0.4, 0.5) is 5.13 Å². The number of hydrogen-bond acceptors (Lipinski definition) is 8. The van der Waals surface area contributed by atoms with Crippen LogP contribution in [0.3, 0.4) is 0 Å². The SMILES string of the molecule is CCCCOc1ccc(C2/C(=C(\O)c3nc4c(C)cccn4c3C)C(=O)C(=O)N2c2nc3ccc(Cl)cc3s2)cc1OCC. The lowest BCUT2D eigenvalue weighted by atomic mass is 9.96. The number of aliphatic hydroxyl groups excluding tert-OH is 1. The average Bonchev–Trinajstić information content (AvgIpc) is 3.65. The number of hydrogen-bond donors (Lipinski definition) is 1. The first-order valence-electron chi connectivity index (χ1n) is 14.4. The number of ether oxygens (including phenoxy) is 2. The topological polar surface area (TPSA) is 106 Å². The zero-order valence-electron chi connectivity index (χ0n) is 24.8. The summed E-state index contributed by atoms with van der Waals surface area (Å²) in [5.41, 5.74) is 3.51. The van der Waals surface area contributed by atoms with E-state index in [9.17, 15) is 14.7 Å². The van der Waals surface area contributed by atoms with E-state index in [1.807, 2.05) is 43.5 Å². The second-order valence-electron chi connectivity index (χ2n) is 10.5. The molecule has 3 aromatic heterocycles. The standard InChI is InChI=1S/C33H31ClN4O5S/c1-5-7-15-43-23-13-10-20(16-24(23)42-6-2)28-26(29(39)27-19(4)37-14-8-9-18(3)31(37)36-27)30(40)32(41)38(28)33-35-22-12-11-21(34)17-25(22)44-33/h8-14,16-17,28,39H,5-7,15H2,1-4H3/b29-26+. The molecule has 6 rings (SSSR count). The molecule has 1 fully saturated rings. The molecule has 5 aromatic rings. The van der Waals surface area contributed by atoms with Crippen LogP contribution in [0.25, 0.3) is 21.6 Å². The Morgan fingerprint density at radius 3 is 2.61 bits per heavy atom. The molecule has 1 amide bonds. The third-order valence-electron chi connectivity index (χ3n) is 7.64. The van der Waals surface area contributed by atoms with Crippen LogP contribution in [-0.2, 0) is 9.59 Å². The van der Waals surface area contributed by atoms with Gasteiger partial charge in [-0.15, -0.1) is 0 Å². The minimum absolute atomic E-state index is 0.0847. The van der Waals surface area contributed by atoms with Gasteiger partial charge in [-0.25, -0.2) is 9.97 Å². The third-order valence-corrected chi connectivity index (χ3v) is 8.89. The molecule has 0 saturated carbocycles. The predicted molar refractivity (Wildman–Crippen MR) is 172 cm³/mol. The highest BCUT2D eigenvalue weighted by Gasteiger charge is 2.49. The fraction of sp³-hybridized carbons (Fsp3) is 0.273. The number of anilines is 1. The predicted octanol–water partition coefficient (Wildman–Crippen LogP) is 7.42. The number of unbranched alkanes of at least 4 members (excludes halogenated alkanes) is 1. The number of fused-ring (bicyclic) bond motifs is 2. The van der Waals surface area contributed by atoms with E-state index in [2.05, 4.69) is 16.9 Å². The average molecular weight is 631 g/mol. The Hall–Kier alpha value is -4.41. The Morgan fingerprint density at radius 1 is 1.05 bits per heavy atom. The van der Waals surface area contributed by atoms with Crippen LogP contribution in [0.15, 0.2) is 60.3 Å². The Kier molecular flexibility index (Phi) is 8.04. The van der Waals surface area contributed by atoms with Gasteiger partial charge in [0.05, 0.1) is 40.7 Å². The number of nitrogens with zero attached hydrogens (tertiary/aromatic N) is 4. The largest absolute Gasteiger partial charge is 0.505 e. The number of carbonyl (C=O) groups is 2. The van der Waals surface area contributed by atoms with Crippen molar-refractivity contribution in [2.24, 2.45) is 0 Å². The second kappa shape index (κ2) is 11.9. The summed E-state index contributed by atoms with van der Waals surface area (Å²) in [6.45, 7) is 8.59. The van der Waals surface area contributed by atoms with Crippen molar-refractivity contribution >= 4 is 61.4 Å². The van der Waals surface area contributed by atoms with E-state index in [-0.39, 0.29) is 17.0 Å². The van der Waals surface area contributed by atoms with Crippen molar-refractivity contribution in [3.63, 3.8) is 0 Å². The summed E-state index contributed by atoms with van der Waals surface area (Å²) in [5.74, 6) is -0.967. The van der Waals surface area contributed by atoms with Crippen LogP contribution in [0.1, 0.15) is 55.2 Å². The van der Waals surface area contributed by atoms with Crippen molar-refractivity contribution in [2.75, 3.05) is 18.1 Å². The zero-order chi connectivity index (χ0) is 31.1. The van der Waals surface area contributed by atoms with Crippen molar-refractivity contribution in [1.29, 1.82) is 0 Å². The van der Waals surface area contributed by atoms with Gasteiger partial charge < -0.3 is 19.0 Å². The van der Waals surface area contributed by atoms with Gasteiger partial charge >= 0.3 is 5.91 Å². The fourth-order valence-corrected chi connectivity index (χ4v) is 6.69. The number of aryl methyl sites for hydroxylation is 2. The lowest BCUT2D eigenvalue weighted by Gasteiger charge is -2.24. The summed E-state index contributed by atoms with van der Waals surface area (Å²) in [7, 11) is 0. The van der Waals surface area contributed by atoms with Crippen molar-refractivity contribution in [1.82, 2.24) is 14.4 Å². The number of aliphatic hydroxyl groups is 1. The first-order chi connectivity index (χ1) is 21.2. The molecule has 11 heteroatoms. The van der Waals surface area contributed by atoms with E-state index in [0.717, 1.165) is 23.1 Å². The fourth-order valence-electron chi connectivity index (χ4n) is 5.42. The maximum absolute atomic E-state index is 13.9. The molecule has 0 bridgehead atoms. The summed E-state index contributed by atoms with van der Waals surface area (Å²) in [5, 5.41) is 12.7. The monoisotopic (exact) mass is 630 g/mol. The molecular formula is C33H31ClN4O5S. The normalized spacial score (nSPS) is 16.4. The number of pyridine rings is 1. The van der Waals surface area contributed by atoms with Crippen molar-refractivity contribution < 1.29 is 24.2 Å². The second-order valence-corrected chi connectivity index (χ2v) is 12.0. The zero-order valence-corrected chi connectivity index (χ0v) is 26.3. The quantitative estimate of drug-likeness (QED) is 0.0782. The smallest absolute Gasteiger partial charge is 0.301 e. The first kappa shape index (κ1) is 29.7. The molecule has 1 saturated heterocycles. The van der Waals surface area contributed by atoms with Crippen molar-refractivity contribution in [3.8, 4) is 11.5 Å². The van der Waals surface area contributed by atoms with Gasteiger partial charge in [-0.2, -0.15) is 0 Å². The first-order valence-corrected chi connectivity index (χ1v) is 15.6. The van der Waals surface area contributed by atoms with Crippen molar-refractivity contribution in [2.45, 2.75) is 46.6 Å². The number of ketones is 1. The van der Waals surface area contributed by atoms with E-state index >= 15 is 0 Å². The Bertz CT molecular complexity index is 1960. The van der Waals surface area contributed by atoms with Gasteiger partial charge in [0.15, 0.2) is 22.4 Å². The number of amides is 1. The lowest BCUT2D eigenvalue weighted by molar-refractivity contribution is -0.132. The Labute approximate surface area is 263 Å². The lowest BCUT2D eigenvalue weighted by Crippen LogP contribution is -2.29. The van der Waals surface area contributed by atoms with E-state index in [1.54, 1.807) is 36.4 Å². The maximum Gasteiger partial charge on any atom is 0.301 e. The van der Waals surface area contributed by atoms with E-state index in [1.165, 1.54) is 16.2 Å². The molecule has 44 heavy (non-hydrogen) atoms. The highest BCUT2D eigenvalue weighted by Crippen LogP contribution is 2.46. The molecule has 2 aromatic carbocycles. The molecule has 0 spiro atoms. The third kappa shape index (κ3) is 5.07. The van der Waals surface area contributed by atoms with Gasteiger partial charge in [0.25, 0.3) is 5.78 Å². The highest BCUT2D eigenvalue weighted by molar-refractivity contribution is 7.22. The van der Waals surface area contributed by atoms with Gasteiger partial charge in [0, 0.05) is 11.2 Å². The summed E-state index contributed by atoms with van der Waals surface area (Å²) < 4.78 is 14.5. The van der Waals surface area contributed by atoms with Crippen LogP contribution in [0.5, 0.6) is 11.5 Å². The molecule has 226 valence electrons. The molecule has 4 heterocycles. The minimum atomic E-state index is -1.01. The number of rotatable bonds is 9. The number of halogens is 1. The summed E-state index contributed by atoms with van der Waals surface area (Å²) in [6, 6.07) is 13.4. The molecule has 1 aliphatic rings. The van der Waals surface area contributed by atoms with Crippen molar-refractivity contribution in [3.05, 3.63) is 87.8 Å². The molecule has 1 N–H and O–H groups in total. The van der Waals surface area contributed by atoms with Crippen LogP contribution in [0, 0.1) is 13.8 Å². The Morgan fingerprint density at radius 2 is 1.86 bits per heavy atom. The number of thiazole rings is 1. The van der Waals surface area contributed by atoms with Gasteiger partial charge in [-0.1, -0.05) is 48.4 Å². The molecular weight excluding hydrogens is 600 g/mol. The maximum atomic E-state index is 13.9. The summed E-state index contributed by atoms with van der Waals surface area (Å²) in [4.78, 5) is 38.4. The van der Waals surface area contributed by atoms with Gasteiger partial charge in [0.2, 0.25) is 0 Å². The summed E-state index contributed by atoms with van der Waals surface area (Å²) in [6.07, 6.45) is 3.70. The van der Waals surface area contributed by atoms with Gasteiger partial charge in [-0.05, 0) is 74.7 Å². The Balaban J connectivity index is 1.56. The van der Waals surface area contributed by atoms with Crippen LogP contribution >= 0.6 is 22.9 Å². The number of benzene rings is 2. The van der Waals surface area contributed by atoms with Crippen LogP contribution in [0.2, 0.25) is 5.02 Å². The van der Waals surface area contributed by atoms with Gasteiger partial charge in [-0.3, -0.25) is 14.5 Å². The summed E-state index contributed by atoms with van der Waals surface area (Å²) >= 11 is 7.47. The number of Topliss-reactive ketones (excluding diaryl/α,β-unsaturated/α-hetero) is 1. The molecule has 9 nitrogen and oxygen atoms in total. The number of aromatic nitrogens is 3. The number of imidazole rings is 1. The molecule has 1 atom stereocenters. The number of carbonyl (C=O) groups excluding carboxylic acids is 2. The van der Waals surface area contributed by atoms with Crippen LogP contribution in [-0.4, -0.2) is 44.4 Å². The molecule has 0 aliphatic carbocycles. The van der Waals surface area contributed by atoms with E-state index < -0.39 is 17.7 Å². The minimum Gasteiger partial charge on any atom is -0.505 e. The highest BCUT2D eigenvalue weighted by atomic mass is 35.5.